The normalized spacial score (nSPS) is 11.4. The van der Waals surface area contributed by atoms with Gasteiger partial charge in [-0.2, -0.15) is 13.2 Å². The lowest BCUT2D eigenvalue weighted by Gasteiger charge is -2.04. The van der Waals surface area contributed by atoms with Crippen molar-refractivity contribution in [3.63, 3.8) is 0 Å². The van der Waals surface area contributed by atoms with Gasteiger partial charge in [0.2, 0.25) is 5.76 Å². The van der Waals surface area contributed by atoms with Crippen LogP contribution in [0.3, 0.4) is 0 Å². The molecule has 0 radical (unpaired) electrons. The summed E-state index contributed by atoms with van der Waals surface area (Å²) in [5, 5.41) is 1.77. The van der Waals surface area contributed by atoms with Crippen molar-refractivity contribution in [2.75, 3.05) is 11.9 Å². The lowest BCUT2D eigenvalue weighted by Crippen LogP contribution is -2.14. The zero-order chi connectivity index (χ0) is 18.1. The van der Waals surface area contributed by atoms with Gasteiger partial charge in [-0.1, -0.05) is 11.3 Å². The topological polar surface area (TPSA) is 94.3 Å². The number of hydrogen-bond donors (Lipinski definition) is 1. The SMILES string of the molecule is CCOC(=O)c1nc(NC(=O)c2oc(C)nc2C)sc1C(F)(F)F. The molecule has 0 bridgehead atoms. The number of halogens is 3. The summed E-state index contributed by atoms with van der Waals surface area (Å²) in [6.07, 6.45) is -4.80. The van der Waals surface area contributed by atoms with Crippen LogP contribution < -0.4 is 5.32 Å². The van der Waals surface area contributed by atoms with Crippen molar-refractivity contribution in [3.8, 4) is 0 Å². The summed E-state index contributed by atoms with van der Waals surface area (Å²) in [4.78, 5) is 29.8. The zero-order valence-electron chi connectivity index (χ0n) is 12.8. The zero-order valence-corrected chi connectivity index (χ0v) is 13.6. The second-order valence-electron chi connectivity index (χ2n) is 4.52. The Hall–Kier alpha value is -2.43. The van der Waals surface area contributed by atoms with Gasteiger partial charge in [-0.3, -0.25) is 10.1 Å². The Morgan fingerprint density at radius 1 is 1.29 bits per heavy atom. The Morgan fingerprint density at radius 3 is 2.46 bits per heavy atom. The number of hydrogen-bond acceptors (Lipinski definition) is 7. The van der Waals surface area contributed by atoms with Gasteiger partial charge in [0.1, 0.15) is 4.88 Å². The van der Waals surface area contributed by atoms with E-state index in [9.17, 15) is 22.8 Å². The van der Waals surface area contributed by atoms with Gasteiger partial charge >= 0.3 is 12.1 Å². The fraction of sp³-hybridized carbons (Fsp3) is 0.385. The number of thiazole rings is 1. The molecule has 0 saturated carbocycles. The first kappa shape index (κ1) is 17.9. The minimum absolute atomic E-state index is 0.105. The molecule has 0 aliphatic rings. The molecule has 7 nitrogen and oxygen atoms in total. The van der Waals surface area contributed by atoms with Crippen molar-refractivity contribution in [1.82, 2.24) is 9.97 Å². The summed E-state index contributed by atoms with van der Waals surface area (Å²) in [6, 6.07) is 0. The minimum atomic E-state index is -4.80. The van der Waals surface area contributed by atoms with Crippen molar-refractivity contribution < 1.29 is 31.9 Å². The highest BCUT2D eigenvalue weighted by atomic mass is 32.1. The van der Waals surface area contributed by atoms with E-state index in [1.54, 1.807) is 0 Å². The van der Waals surface area contributed by atoms with Gasteiger partial charge in [0.05, 0.1) is 12.3 Å². The van der Waals surface area contributed by atoms with Crippen molar-refractivity contribution >= 4 is 28.3 Å². The van der Waals surface area contributed by atoms with Crippen LogP contribution in [0, 0.1) is 13.8 Å². The molecule has 0 saturated heterocycles. The molecule has 1 amide bonds. The first-order valence-electron chi connectivity index (χ1n) is 6.64. The van der Waals surface area contributed by atoms with E-state index in [0.717, 1.165) is 0 Å². The maximum atomic E-state index is 13.0. The third-order valence-corrected chi connectivity index (χ3v) is 3.70. The number of alkyl halides is 3. The van der Waals surface area contributed by atoms with E-state index in [4.69, 9.17) is 4.42 Å². The van der Waals surface area contributed by atoms with Crippen LogP contribution in [0.2, 0.25) is 0 Å². The number of ether oxygens (including phenoxy) is 1. The first-order chi connectivity index (χ1) is 11.1. The van der Waals surface area contributed by atoms with Crippen LogP contribution in [0.25, 0.3) is 0 Å². The average molecular weight is 363 g/mol. The summed E-state index contributed by atoms with van der Waals surface area (Å²) in [5.41, 5.74) is -0.613. The van der Waals surface area contributed by atoms with Crippen LogP contribution in [0.1, 0.15) is 44.4 Å². The predicted molar refractivity (Wildman–Crippen MR) is 77.0 cm³/mol. The molecule has 0 aromatic carbocycles. The number of aromatic nitrogens is 2. The molecule has 2 aromatic heterocycles. The number of anilines is 1. The Bertz CT molecular complexity index is 782. The Balaban J connectivity index is 2.33. The molecule has 11 heteroatoms. The number of oxazole rings is 1. The number of esters is 1. The van der Waals surface area contributed by atoms with Crippen molar-refractivity contribution in [3.05, 3.63) is 27.9 Å². The highest BCUT2D eigenvalue weighted by Gasteiger charge is 2.40. The van der Waals surface area contributed by atoms with Crippen LogP contribution in [0.4, 0.5) is 18.3 Å². The third-order valence-electron chi connectivity index (χ3n) is 2.68. The number of amides is 1. The fourth-order valence-corrected chi connectivity index (χ4v) is 2.61. The van der Waals surface area contributed by atoms with Gasteiger partial charge in [0.15, 0.2) is 16.7 Å². The number of carbonyl (C=O) groups is 2. The van der Waals surface area contributed by atoms with Crippen LogP contribution in [-0.2, 0) is 10.9 Å². The molecule has 0 fully saturated rings. The lowest BCUT2D eigenvalue weighted by atomic mass is 10.3. The minimum Gasteiger partial charge on any atom is -0.461 e. The highest BCUT2D eigenvalue weighted by Crippen LogP contribution is 2.38. The Kier molecular flexibility index (Phi) is 4.92. The van der Waals surface area contributed by atoms with E-state index in [1.807, 2.05) is 0 Å². The Morgan fingerprint density at radius 2 is 1.96 bits per heavy atom. The first-order valence-corrected chi connectivity index (χ1v) is 7.45. The molecule has 0 spiro atoms. The van der Waals surface area contributed by atoms with Crippen molar-refractivity contribution in [2.45, 2.75) is 26.9 Å². The molecular formula is C13H12F3N3O4S. The molecule has 0 atom stereocenters. The van der Waals surface area contributed by atoms with E-state index in [1.165, 1.54) is 20.8 Å². The smallest absolute Gasteiger partial charge is 0.428 e. The molecule has 2 rings (SSSR count). The van der Waals surface area contributed by atoms with E-state index < -0.39 is 33.8 Å². The van der Waals surface area contributed by atoms with Gasteiger partial charge in [-0.05, 0) is 13.8 Å². The molecule has 0 aliphatic carbocycles. The maximum absolute atomic E-state index is 13.0. The molecule has 0 unspecified atom stereocenters. The number of aryl methyl sites for hydroxylation is 2. The number of rotatable bonds is 4. The van der Waals surface area contributed by atoms with Crippen LogP contribution in [0.15, 0.2) is 4.42 Å². The van der Waals surface area contributed by atoms with Crippen LogP contribution in [-0.4, -0.2) is 28.5 Å². The van der Waals surface area contributed by atoms with E-state index in [-0.39, 0.29) is 35.3 Å². The molecular weight excluding hydrogens is 351 g/mol. The predicted octanol–water partition coefficient (Wildman–Crippen LogP) is 3.20. The van der Waals surface area contributed by atoms with Crippen molar-refractivity contribution in [2.24, 2.45) is 0 Å². The van der Waals surface area contributed by atoms with Gasteiger partial charge in [0, 0.05) is 6.92 Å². The summed E-state index contributed by atoms with van der Waals surface area (Å²) in [7, 11) is 0. The summed E-state index contributed by atoms with van der Waals surface area (Å²) >= 11 is 0.125. The number of carbonyl (C=O) groups excluding carboxylic acids is 2. The summed E-state index contributed by atoms with van der Waals surface area (Å²) in [5.74, 6) is -1.94. The van der Waals surface area contributed by atoms with E-state index in [2.05, 4.69) is 20.0 Å². The van der Waals surface area contributed by atoms with E-state index >= 15 is 0 Å². The second kappa shape index (κ2) is 6.59. The van der Waals surface area contributed by atoms with Crippen LogP contribution in [0.5, 0.6) is 0 Å². The van der Waals surface area contributed by atoms with Gasteiger partial charge in [-0.15, -0.1) is 0 Å². The quantitative estimate of drug-likeness (QED) is 0.839. The third kappa shape index (κ3) is 3.72. The van der Waals surface area contributed by atoms with Crippen molar-refractivity contribution in [1.29, 1.82) is 0 Å². The average Bonchev–Trinajstić information content (AvgIpc) is 3.02. The Labute approximate surface area is 137 Å². The fourth-order valence-electron chi connectivity index (χ4n) is 1.80. The molecule has 130 valence electrons. The van der Waals surface area contributed by atoms with Gasteiger partial charge in [-0.25, -0.2) is 14.8 Å². The molecule has 1 N–H and O–H groups in total. The highest BCUT2D eigenvalue weighted by molar-refractivity contribution is 7.16. The van der Waals surface area contributed by atoms with Crippen LogP contribution >= 0.6 is 11.3 Å². The summed E-state index contributed by atoms with van der Waals surface area (Å²) < 4.78 is 48.7. The van der Waals surface area contributed by atoms with Gasteiger partial charge in [0.25, 0.3) is 5.91 Å². The second-order valence-corrected chi connectivity index (χ2v) is 5.52. The standard InChI is InChI=1S/C13H12F3N3O4S/c1-4-22-11(21)7-9(13(14,15)16)24-12(18-7)19-10(20)8-5(2)17-6(3)23-8/h4H2,1-3H3,(H,18,19,20). The lowest BCUT2D eigenvalue weighted by molar-refractivity contribution is -0.135. The molecule has 2 heterocycles. The number of nitrogens with one attached hydrogen (secondary N) is 1. The van der Waals surface area contributed by atoms with E-state index in [0.29, 0.717) is 0 Å². The molecule has 0 aliphatic heterocycles. The van der Waals surface area contributed by atoms with Gasteiger partial charge < -0.3 is 9.15 Å². The molecule has 24 heavy (non-hydrogen) atoms. The largest absolute Gasteiger partial charge is 0.461 e. The molecule has 2 aromatic rings. The number of nitrogens with zero attached hydrogens (tertiary/aromatic N) is 2. The summed E-state index contributed by atoms with van der Waals surface area (Å²) in [6.45, 7) is 4.38. The maximum Gasteiger partial charge on any atom is 0.428 e. The monoisotopic (exact) mass is 363 g/mol.